The van der Waals surface area contributed by atoms with Gasteiger partial charge in [-0.25, -0.2) is 4.39 Å². The molecule has 0 N–H and O–H groups in total. The molecule has 0 unspecified atom stereocenters. The molecule has 3 amide bonds. The summed E-state index contributed by atoms with van der Waals surface area (Å²) in [6.45, 7) is 2.32. The topological polar surface area (TPSA) is 60.9 Å². The van der Waals surface area contributed by atoms with Gasteiger partial charge in [-0.15, -0.1) is 0 Å². The molecule has 5 rings (SSSR count). The summed E-state index contributed by atoms with van der Waals surface area (Å²) in [7, 11) is 0. The van der Waals surface area contributed by atoms with Gasteiger partial charge >= 0.3 is 0 Å². The van der Waals surface area contributed by atoms with Crippen LogP contribution in [0, 0.1) is 5.82 Å². The molecule has 1 fully saturated rings. The zero-order valence-corrected chi connectivity index (χ0v) is 19.7. The number of carbonyl (C=O) groups is 3. The van der Waals surface area contributed by atoms with E-state index in [9.17, 15) is 18.8 Å². The van der Waals surface area contributed by atoms with Crippen LogP contribution in [0.4, 0.5) is 10.1 Å². The summed E-state index contributed by atoms with van der Waals surface area (Å²) in [6.07, 6.45) is 0.451. The zero-order valence-electron chi connectivity index (χ0n) is 18.9. The summed E-state index contributed by atoms with van der Waals surface area (Å²) in [6, 6.07) is 18.2. The van der Waals surface area contributed by atoms with Gasteiger partial charge in [0.15, 0.2) is 0 Å². The molecular weight excluding hydrogens is 469 g/mol. The second kappa shape index (κ2) is 9.50. The third-order valence-corrected chi connectivity index (χ3v) is 6.77. The van der Waals surface area contributed by atoms with Crippen LogP contribution in [0.2, 0.25) is 5.02 Å². The van der Waals surface area contributed by atoms with Crippen LogP contribution in [0.5, 0.6) is 0 Å². The predicted octanol–water partition coefficient (Wildman–Crippen LogP) is 4.28. The van der Waals surface area contributed by atoms with Crippen LogP contribution in [0.1, 0.15) is 36.6 Å². The second-order valence-electron chi connectivity index (χ2n) is 8.62. The highest BCUT2D eigenvalue weighted by molar-refractivity contribution is 6.30. The Morgan fingerprint density at radius 3 is 2.23 bits per heavy atom. The molecule has 2 aliphatic rings. The Morgan fingerprint density at radius 1 is 0.857 bits per heavy atom. The summed E-state index contributed by atoms with van der Waals surface area (Å²) in [5, 5.41) is 0.579. The molecule has 0 spiro atoms. The van der Waals surface area contributed by atoms with Crippen molar-refractivity contribution in [3.8, 4) is 0 Å². The maximum Gasteiger partial charge on any atom is 0.263 e. The number of amides is 3. The van der Waals surface area contributed by atoms with Crippen molar-refractivity contribution >= 4 is 35.0 Å². The van der Waals surface area contributed by atoms with Gasteiger partial charge in [0, 0.05) is 43.3 Å². The maximum atomic E-state index is 13.3. The molecule has 0 bridgehead atoms. The van der Waals surface area contributed by atoms with Crippen LogP contribution in [0.25, 0.3) is 0 Å². The number of rotatable bonds is 5. The number of piperazine rings is 1. The molecule has 2 heterocycles. The van der Waals surface area contributed by atoms with E-state index >= 15 is 0 Å². The lowest BCUT2D eigenvalue weighted by Crippen LogP contribution is -2.49. The van der Waals surface area contributed by atoms with E-state index in [1.54, 1.807) is 53.4 Å². The quantitative estimate of drug-likeness (QED) is 0.500. The maximum absolute atomic E-state index is 13.3. The van der Waals surface area contributed by atoms with Crippen LogP contribution < -0.4 is 4.90 Å². The average molecular weight is 492 g/mol. The predicted molar refractivity (Wildman–Crippen MR) is 131 cm³/mol. The molecular formula is C27H23ClFN3O3. The second-order valence-corrected chi connectivity index (χ2v) is 9.06. The first-order valence-electron chi connectivity index (χ1n) is 11.5. The van der Waals surface area contributed by atoms with E-state index in [2.05, 4.69) is 4.90 Å². The van der Waals surface area contributed by atoms with Gasteiger partial charge in [-0.3, -0.25) is 19.3 Å². The molecule has 3 aromatic carbocycles. The number of hydrogen-bond donors (Lipinski definition) is 0. The summed E-state index contributed by atoms with van der Waals surface area (Å²) >= 11 is 5.92. The molecule has 6 nitrogen and oxygen atoms in total. The van der Waals surface area contributed by atoms with Gasteiger partial charge in [-0.1, -0.05) is 29.8 Å². The van der Waals surface area contributed by atoms with Gasteiger partial charge in [0.1, 0.15) is 5.82 Å². The first kappa shape index (κ1) is 23.1. The van der Waals surface area contributed by atoms with Gasteiger partial charge in [0.05, 0.1) is 16.8 Å². The number of imide groups is 1. The number of hydrogen-bond acceptors (Lipinski definition) is 4. The van der Waals surface area contributed by atoms with Crippen LogP contribution in [-0.2, 0) is 6.42 Å². The number of fused-ring (bicyclic) bond motifs is 1. The van der Waals surface area contributed by atoms with E-state index in [1.165, 1.54) is 17.0 Å². The Kier molecular flexibility index (Phi) is 6.26. The van der Waals surface area contributed by atoms with Gasteiger partial charge in [0.25, 0.3) is 17.7 Å². The molecule has 0 aromatic heterocycles. The van der Waals surface area contributed by atoms with E-state index in [-0.39, 0.29) is 30.1 Å². The highest BCUT2D eigenvalue weighted by Crippen LogP contribution is 2.32. The van der Waals surface area contributed by atoms with Crippen molar-refractivity contribution in [2.24, 2.45) is 0 Å². The van der Waals surface area contributed by atoms with Gasteiger partial charge in [-0.2, -0.15) is 0 Å². The summed E-state index contributed by atoms with van der Waals surface area (Å²) in [4.78, 5) is 44.2. The Bertz CT molecular complexity index is 1290. The Hall–Kier alpha value is -3.71. The van der Waals surface area contributed by atoms with Gasteiger partial charge < -0.3 is 9.80 Å². The highest BCUT2D eigenvalue weighted by Gasteiger charge is 2.38. The molecule has 3 aromatic rings. The van der Waals surface area contributed by atoms with E-state index in [0.717, 1.165) is 5.56 Å². The molecule has 8 heteroatoms. The highest BCUT2D eigenvalue weighted by atomic mass is 35.5. The minimum Gasteiger partial charge on any atom is -0.367 e. The van der Waals surface area contributed by atoms with E-state index in [0.29, 0.717) is 60.0 Å². The standard InChI is InChI=1S/C27H23ClFN3O3/c28-20-8-6-19(7-9-20)25(33)31-16-14-30(15-17-31)23-3-1-2-22-24(23)27(35)32(26(22)34)13-12-18-4-10-21(29)11-5-18/h1-11H,12-17H2. The number of anilines is 1. The molecule has 0 atom stereocenters. The molecule has 2 aliphatic heterocycles. The lowest BCUT2D eigenvalue weighted by atomic mass is 10.1. The smallest absolute Gasteiger partial charge is 0.263 e. The Balaban J connectivity index is 1.28. The minimum absolute atomic E-state index is 0.0576. The van der Waals surface area contributed by atoms with Crippen molar-refractivity contribution in [3.05, 3.63) is 99.8 Å². The molecule has 35 heavy (non-hydrogen) atoms. The Labute approximate surface area is 207 Å². The molecule has 1 saturated heterocycles. The van der Waals surface area contributed by atoms with Crippen LogP contribution in [-0.4, -0.2) is 60.2 Å². The monoisotopic (exact) mass is 491 g/mol. The lowest BCUT2D eigenvalue weighted by Gasteiger charge is -2.36. The van der Waals surface area contributed by atoms with Crippen molar-refractivity contribution in [2.75, 3.05) is 37.6 Å². The number of nitrogens with zero attached hydrogens (tertiary/aromatic N) is 3. The number of benzene rings is 3. The zero-order chi connectivity index (χ0) is 24.5. The SMILES string of the molecule is O=C(c1ccc(Cl)cc1)N1CCN(c2cccc3c2C(=O)N(CCc2ccc(F)cc2)C3=O)CC1. The number of carbonyl (C=O) groups excluding carboxylic acids is 3. The fourth-order valence-electron chi connectivity index (χ4n) is 4.60. The normalized spacial score (nSPS) is 15.5. The van der Waals surface area contributed by atoms with Gasteiger partial charge in [-0.05, 0) is 60.5 Å². The average Bonchev–Trinajstić information content (AvgIpc) is 3.13. The summed E-state index contributed by atoms with van der Waals surface area (Å²) < 4.78 is 13.2. The van der Waals surface area contributed by atoms with Crippen LogP contribution >= 0.6 is 11.6 Å². The summed E-state index contributed by atoms with van der Waals surface area (Å²) in [5.74, 6) is -1.01. The number of halogens is 2. The van der Waals surface area contributed by atoms with Crippen LogP contribution in [0.3, 0.4) is 0 Å². The fourth-order valence-corrected chi connectivity index (χ4v) is 4.73. The largest absolute Gasteiger partial charge is 0.367 e. The van der Waals surface area contributed by atoms with Crippen molar-refractivity contribution in [1.29, 1.82) is 0 Å². The molecule has 0 saturated carbocycles. The van der Waals surface area contributed by atoms with Crippen molar-refractivity contribution in [1.82, 2.24) is 9.80 Å². The fraction of sp³-hybridized carbons (Fsp3) is 0.222. The first-order valence-corrected chi connectivity index (χ1v) is 11.8. The third kappa shape index (κ3) is 4.51. The molecule has 0 radical (unpaired) electrons. The Morgan fingerprint density at radius 2 is 1.54 bits per heavy atom. The van der Waals surface area contributed by atoms with Crippen molar-refractivity contribution in [3.63, 3.8) is 0 Å². The minimum atomic E-state index is -0.325. The summed E-state index contributed by atoms with van der Waals surface area (Å²) in [5.41, 5.74) is 2.95. The molecule has 0 aliphatic carbocycles. The van der Waals surface area contributed by atoms with E-state index in [4.69, 9.17) is 11.6 Å². The lowest BCUT2D eigenvalue weighted by molar-refractivity contribution is 0.0654. The molecule has 178 valence electrons. The third-order valence-electron chi connectivity index (χ3n) is 6.51. The van der Waals surface area contributed by atoms with Gasteiger partial charge in [0.2, 0.25) is 0 Å². The van der Waals surface area contributed by atoms with E-state index in [1.807, 2.05) is 6.07 Å². The van der Waals surface area contributed by atoms with Crippen LogP contribution in [0.15, 0.2) is 66.7 Å². The first-order chi connectivity index (χ1) is 16.9. The van der Waals surface area contributed by atoms with Crippen molar-refractivity contribution in [2.45, 2.75) is 6.42 Å². The van der Waals surface area contributed by atoms with E-state index < -0.39 is 0 Å². The van der Waals surface area contributed by atoms with Crippen molar-refractivity contribution < 1.29 is 18.8 Å².